The van der Waals surface area contributed by atoms with Crippen molar-refractivity contribution in [1.29, 1.82) is 0 Å². The molecule has 2 heterocycles. The molecule has 1 aliphatic carbocycles. The van der Waals surface area contributed by atoms with Crippen LogP contribution in [0.1, 0.15) is 30.3 Å². The molecule has 140 valence electrons. The highest BCUT2D eigenvalue weighted by atomic mass is 32.2. The number of nitrogens with zero attached hydrogens (tertiary/aromatic N) is 3. The van der Waals surface area contributed by atoms with Crippen LogP contribution in [0.25, 0.3) is 0 Å². The summed E-state index contributed by atoms with van der Waals surface area (Å²) in [5, 5.41) is 11.4. The summed E-state index contributed by atoms with van der Waals surface area (Å²) in [5.74, 6) is 0.271. The van der Waals surface area contributed by atoms with Crippen molar-refractivity contribution in [3.8, 4) is 0 Å². The van der Waals surface area contributed by atoms with Gasteiger partial charge in [0.2, 0.25) is 5.91 Å². The van der Waals surface area contributed by atoms with E-state index in [2.05, 4.69) is 15.5 Å². The molecular weight excluding hydrogens is 374 g/mol. The van der Waals surface area contributed by atoms with Crippen LogP contribution >= 0.6 is 11.8 Å². The second-order valence-corrected chi connectivity index (χ2v) is 7.18. The van der Waals surface area contributed by atoms with Gasteiger partial charge in [0.1, 0.15) is 23.2 Å². The number of thioether (sulfide) groups is 1. The van der Waals surface area contributed by atoms with E-state index in [4.69, 9.17) is 4.42 Å². The summed E-state index contributed by atoms with van der Waals surface area (Å²) in [4.78, 5) is 12.1. The molecule has 2 aromatic heterocycles. The van der Waals surface area contributed by atoms with E-state index >= 15 is 0 Å². The Morgan fingerprint density at radius 2 is 2.15 bits per heavy atom. The number of carbonyl (C=O) groups excluding carboxylic acids is 1. The zero-order chi connectivity index (χ0) is 18.8. The first kappa shape index (κ1) is 17.7. The summed E-state index contributed by atoms with van der Waals surface area (Å²) >= 11 is 1.19. The summed E-state index contributed by atoms with van der Waals surface area (Å²) in [6.07, 6.45) is 3.74. The zero-order valence-electron chi connectivity index (χ0n) is 14.2. The molecule has 27 heavy (non-hydrogen) atoms. The van der Waals surface area contributed by atoms with E-state index in [0.29, 0.717) is 17.6 Å². The average molecular weight is 390 g/mol. The fourth-order valence-corrected chi connectivity index (χ4v) is 3.41. The van der Waals surface area contributed by atoms with Crippen LogP contribution in [-0.2, 0) is 11.3 Å². The smallest absolute Gasteiger partial charge is 0.234 e. The summed E-state index contributed by atoms with van der Waals surface area (Å²) in [6, 6.07) is 6.59. The highest BCUT2D eigenvalue weighted by Crippen LogP contribution is 2.40. The second-order valence-electron chi connectivity index (χ2n) is 6.24. The van der Waals surface area contributed by atoms with E-state index in [1.807, 2.05) is 16.7 Å². The SMILES string of the molecule is O=C(CSc1nnc(C2CC2)n1Cc1ccco1)Nc1cc(F)ccc1F. The van der Waals surface area contributed by atoms with Crippen molar-refractivity contribution in [2.75, 3.05) is 11.1 Å². The molecule has 4 rings (SSSR count). The van der Waals surface area contributed by atoms with Crippen LogP contribution in [0.3, 0.4) is 0 Å². The second kappa shape index (κ2) is 7.51. The van der Waals surface area contributed by atoms with Gasteiger partial charge in [0.05, 0.1) is 24.2 Å². The summed E-state index contributed by atoms with van der Waals surface area (Å²) in [7, 11) is 0. The largest absolute Gasteiger partial charge is 0.467 e. The Labute approximate surface area is 158 Å². The number of carbonyl (C=O) groups is 1. The highest BCUT2D eigenvalue weighted by molar-refractivity contribution is 7.99. The lowest BCUT2D eigenvalue weighted by molar-refractivity contribution is -0.113. The van der Waals surface area contributed by atoms with Crippen molar-refractivity contribution in [2.24, 2.45) is 0 Å². The molecule has 0 unspecified atom stereocenters. The van der Waals surface area contributed by atoms with Gasteiger partial charge in [0.25, 0.3) is 0 Å². The number of amides is 1. The van der Waals surface area contributed by atoms with Crippen molar-refractivity contribution >= 4 is 23.4 Å². The third-order valence-electron chi connectivity index (χ3n) is 4.12. The van der Waals surface area contributed by atoms with Crippen LogP contribution in [0, 0.1) is 11.6 Å². The van der Waals surface area contributed by atoms with Crippen LogP contribution in [-0.4, -0.2) is 26.4 Å². The maximum absolute atomic E-state index is 13.6. The summed E-state index contributed by atoms with van der Waals surface area (Å²) in [6.45, 7) is 0.480. The van der Waals surface area contributed by atoms with Crippen molar-refractivity contribution < 1.29 is 18.0 Å². The third-order valence-corrected chi connectivity index (χ3v) is 5.08. The van der Waals surface area contributed by atoms with Gasteiger partial charge >= 0.3 is 0 Å². The molecule has 1 aliphatic rings. The monoisotopic (exact) mass is 390 g/mol. The van der Waals surface area contributed by atoms with Gasteiger partial charge in [-0.15, -0.1) is 10.2 Å². The minimum Gasteiger partial charge on any atom is -0.467 e. The Hall–Kier alpha value is -2.68. The predicted molar refractivity (Wildman–Crippen MR) is 95.5 cm³/mol. The van der Waals surface area contributed by atoms with Gasteiger partial charge < -0.3 is 9.73 Å². The lowest BCUT2D eigenvalue weighted by Crippen LogP contribution is -2.16. The molecular formula is C18H16F2N4O2S. The van der Waals surface area contributed by atoms with Crippen LogP contribution in [0.15, 0.2) is 46.2 Å². The average Bonchev–Trinajstić information content (AvgIpc) is 3.21. The number of hydrogen-bond donors (Lipinski definition) is 1. The summed E-state index contributed by atoms with van der Waals surface area (Å²) < 4.78 is 34.2. The molecule has 0 radical (unpaired) electrons. The van der Waals surface area contributed by atoms with E-state index in [-0.39, 0.29) is 11.4 Å². The fraction of sp³-hybridized carbons (Fsp3) is 0.278. The van der Waals surface area contributed by atoms with Gasteiger partial charge in [0, 0.05) is 12.0 Å². The molecule has 1 N–H and O–H groups in total. The minimum atomic E-state index is -0.688. The first-order valence-electron chi connectivity index (χ1n) is 8.43. The number of halogens is 2. The number of anilines is 1. The van der Waals surface area contributed by atoms with Gasteiger partial charge in [-0.3, -0.25) is 9.36 Å². The number of benzene rings is 1. The van der Waals surface area contributed by atoms with Crippen LogP contribution in [0.2, 0.25) is 0 Å². The number of hydrogen-bond acceptors (Lipinski definition) is 5. The topological polar surface area (TPSA) is 73.0 Å². The quantitative estimate of drug-likeness (QED) is 0.621. The van der Waals surface area contributed by atoms with Crippen molar-refractivity contribution in [2.45, 2.75) is 30.5 Å². The predicted octanol–water partition coefficient (Wildman–Crippen LogP) is 3.81. The Balaban J connectivity index is 1.44. The maximum Gasteiger partial charge on any atom is 0.234 e. The van der Waals surface area contributed by atoms with Gasteiger partial charge in [-0.25, -0.2) is 8.78 Å². The van der Waals surface area contributed by atoms with E-state index in [0.717, 1.165) is 42.6 Å². The number of aromatic nitrogens is 3. The van der Waals surface area contributed by atoms with Gasteiger partial charge in [0.15, 0.2) is 5.16 Å². The minimum absolute atomic E-state index is 0.00307. The van der Waals surface area contributed by atoms with Crippen LogP contribution in [0.4, 0.5) is 14.5 Å². The molecule has 9 heteroatoms. The molecule has 0 spiro atoms. The fourth-order valence-electron chi connectivity index (χ4n) is 2.67. The van der Waals surface area contributed by atoms with Crippen molar-refractivity contribution in [3.63, 3.8) is 0 Å². The molecule has 0 bridgehead atoms. The number of furan rings is 1. The standard InChI is InChI=1S/C18H16F2N4O2S/c19-12-5-6-14(20)15(8-12)21-16(25)10-27-18-23-22-17(11-3-4-11)24(18)9-13-2-1-7-26-13/h1-2,5-8,11H,3-4,9-10H2,(H,21,25). The molecule has 0 aliphatic heterocycles. The highest BCUT2D eigenvalue weighted by Gasteiger charge is 2.30. The lowest BCUT2D eigenvalue weighted by atomic mass is 10.3. The molecule has 3 aromatic rings. The van der Waals surface area contributed by atoms with Crippen LogP contribution in [0.5, 0.6) is 0 Å². The Bertz CT molecular complexity index is 954. The van der Waals surface area contributed by atoms with Gasteiger partial charge in [-0.05, 0) is 37.1 Å². The molecule has 0 atom stereocenters. The van der Waals surface area contributed by atoms with E-state index in [1.54, 1.807) is 6.26 Å². The Morgan fingerprint density at radius 1 is 1.30 bits per heavy atom. The van der Waals surface area contributed by atoms with Crippen molar-refractivity contribution in [1.82, 2.24) is 14.8 Å². The molecule has 1 saturated carbocycles. The van der Waals surface area contributed by atoms with E-state index in [1.165, 1.54) is 11.8 Å². The van der Waals surface area contributed by atoms with Gasteiger partial charge in [-0.1, -0.05) is 11.8 Å². The Morgan fingerprint density at radius 3 is 2.89 bits per heavy atom. The molecule has 1 aromatic carbocycles. The summed E-state index contributed by atoms with van der Waals surface area (Å²) in [5.41, 5.74) is -0.184. The van der Waals surface area contributed by atoms with E-state index < -0.39 is 17.5 Å². The van der Waals surface area contributed by atoms with Crippen molar-refractivity contribution in [3.05, 3.63) is 59.8 Å². The van der Waals surface area contributed by atoms with Crippen LogP contribution < -0.4 is 5.32 Å². The van der Waals surface area contributed by atoms with E-state index in [9.17, 15) is 13.6 Å². The molecule has 1 amide bonds. The molecule has 1 fully saturated rings. The first-order valence-corrected chi connectivity index (χ1v) is 9.42. The molecule has 0 saturated heterocycles. The van der Waals surface area contributed by atoms with Gasteiger partial charge in [-0.2, -0.15) is 0 Å². The Kier molecular flexibility index (Phi) is 4.93. The normalized spacial score (nSPS) is 13.7. The number of rotatable bonds is 7. The third kappa shape index (κ3) is 4.19. The maximum atomic E-state index is 13.6. The molecule has 6 nitrogen and oxygen atoms in total. The first-order chi connectivity index (χ1) is 13.1. The number of nitrogens with one attached hydrogen (secondary N) is 1. The zero-order valence-corrected chi connectivity index (χ0v) is 15.0. The lowest BCUT2D eigenvalue weighted by Gasteiger charge is -2.09.